The van der Waals surface area contributed by atoms with E-state index in [1.54, 1.807) is 22.8 Å². The molecule has 1 amide bonds. The van der Waals surface area contributed by atoms with Gasteiger partial charge in [0, 0.05) is 19.0 Å². The van der Waals surface area contributed by atoms with Gasteiger partial charge >= 0.3 is 0 Å². The predicted molar refractivity (Wildman–Crippen MR) is 95.4 cm³/mol. The van der Waals surface area contributed by atoms with Crippen LogP contribution in [-0.4, -0.2) is 48.2 Å². The molecule has 8 nitrogen and oxygen atoms in total. The Balaban J connectivity index is 1.50. The van der Waals surface area contributed by atoms with Gasteiger partial charge in [-0.25, -0.2) is 9.67 Å². The lowest BCUT2D eigenvalue weighted by Crippen LogP contribution is -2.32. The van der Waals surface area contributed by atoms with Crippen molar-refractivity contribution in [3.8, 4) is 0 Å². The van der Waals surface area contributed by atoms with Crippen LogP contribution in [0, 0.1) is 0 Å². The minimum absolute atomic E-state index is 0.0486. The van der Waals surface area contributed by atoms with E-state index in [0.29, 0.717) is 12.6 Å². The molecular formula is C16H25N7OS. The van der Waals surface area contributed by atoms with Crippen LogP contribution in [0.15, 0.2) is 17.8 Å². The lowest BCUT2D eigenvalue weighted by Gasteiger charge is -2.16. The van der Waals surface area contributed by atoms with Crippen LogP contribution in [0.25, 0.3) is 0 Å². The Labute approximate surface area is 151 Å². The minimum Gasteiger partial charge on any atom is -0.354 e. The second kappa shape index (κ2) is 8.46. The van der Waals surface area contributed by atoms with Crippen LogP contribution in [0.1, 0.15) is 56.9 Å². The van der Waals surface area contributed by atoms with Gasteiger partial charge in [-0.3, -0.25) is 4.79 Å². The summed E-state index contributed by atoms with van der Waals surface area (Å²) in [7, 11) is 0. The van der Waals surface area contributed by atoms with Gasteiger partial charge in [0.15, 0.2) is 5.16 Å². The largest absolute Gasteiger partial charge is 0.354 e. The number of hydrogen-bond acceptors (Lipinski definition) is 6. The van der Waals surface area contributed by atoms with Crippen molar-refractivity contribution >= 4 is 17.7 Å². The van der Waals surface area contributed by atoms with Gasteiger partial charge in [0.25, 0.3) is 0 Å². The summed E-state index contributed by atoms with van der Waals surface area (Å²) in [6.45, 7) is 2.43. The average molecular weight is 363 g/mol. The normalized spacial score (nSPS) is 16.2. The maximum absolute atomic E-state index is 12.1. The van der Waals surface area contributed by atoms with E-state index in [9.17, 15) is 4.79 Å². The van der Waals surface area contributed by atoms with Crippen molar-refractivity contribution in [1.29, 1.82) is 0 Å². The molecule has 0 bridgehead atoms. The van der Waals surface area contributed by atoms with Gasteiger partial charge in [0.2, 0.25) is 5.91 Å². The van der Waals surface area contributed by atoms with Crippen molar-refractivity contribution in [2.24, 2.45) is 0 Å². The van der Waals surface area contributed by atoms with Gasteiger partial charge in [-0.05, 0) is 32.4 Å². The fraction of sp³-hybridized carbons (Fsp3) is 0.688. The molecule has 0 saturated heterocycles. The summed E-state index contributed by atoms with van der Waals surface area (Å²) in [5.74, 6) is 0.988. The maximum atomic E-state index is 12.1. The van der Waals surface area contributed by atoms with E-state index in [0.717, 1.165) is 23.8 Å². The minimum atomic E-state index is -0.354. The van der Waals surface area contributed by atoms with Crippen LogP contribution >= 0.6 is 11.8 Å². The standard InChI is InChI=1S/C16H25N7OS/c1-12(22-11-17-10-19-22)15(24)18-9-5-8-14-20-21-16(25-2)23(14)13-6-3-4-7-13/h10-13H,3-9H2,1-2H3,(H,18,24)/t12-/m1/s1. The molecule has 1 fully saturated rings. The molecule has 0 radical (unpaired) electrons. The highest BCUT2D eigenvalue weighted by Crippen LogP contribution is 2.33. The Morgan fingerprint density at radius 1 is 1.40 bits per heavy atom. The summed E-state index contributed by atoms with van der Waals surface area (Å²) in [5, 5.41) is 16.7. The molecule has 2 aromatic heterocycles. The Bertz CT molecular complexity index is 679. The third kappa shape index (κ3) is 4.20. The van der Waals surface area contributed by atoms with Crippen molar-refractivity contribution in [3.05, 3.63) is 18.5 Å². The van der Waals surface area contributed by atoms with Crippen molar-refractivity contribution in [1.82, 2.24) is 34.8 Å². The SMILES string of the molecule is CSc1nnc(CCCNC(=O)[C@@H](C)n2cncn2)n1C1CCCC1. The van der Waals surface area contributed by atoms with Crippen LogP contribution in [0.2, 0.25) is 0 Å². The monoisotopic (exact) mass is 363 g/mol. The molecule has 1 aliphatic rings. The van der Waals surface area contributed by atoms with E-state index in [4.69, 9.17) is 0 Å². The zero-order valence-electron chi connectivity index (χ0n) is 14.8. The molecule has 25 heavy (non-hydrogen) atoms. The molecule has 2 heterocycles. The molecule has 9 heteroatoms. The first-order chi connectivity index (χ1) is 12.2. The quantitative estimate of drug-likeness (QED) is 0.570. The fourth-order valence-electron chi connectivity index (χ4n) is 3.29. The van der Waals surface area contributed by atoms with Crippen LogP contribution in [-0.2, 0) is 11.2 Å². The highest BCUT2D eigenvalue weighted by atomic mass is 32.2. The second-order valence-corrected chi connectivity index (χ2v) is 7.13. The summed E-state index contributed by atoms with van der Waals surface area (Å²) < 4.78 is 3.87. The molecule has 0 aliphatic heterocycles. The van der Waals surface area contributed by atoms with E-state index in [1.807, 2.05) is 13.2 Å². The molecule has 1 N–H and O–H groups in total. The van der Waals surface area contributed by atoms with Gasteiger partial charge in [-0.15, -0.1) is 10.2 Å². The van der Waals surface area contributed by atoms with Gasteiger partial charge in [0.1, 0.15) is 24.5 Å². The highest BCUT2D eigenvalue weighted by molar-refractivity contribution is 7.98. The third-order valence-electron chi connectivity index (χ3n) is 4.70. The number of aromatic nitrogens is 6. The fourth-order valence-corrected chi connectivity index (χ4v) is 3.86. The van der Waals surface area contributed by atoms with Gasteiger partial charge < -0.3 is 9.88 Å². The number of nitrogens with zero attached hydrogens (tertiary/aromatic N) is 6. The Morgan fingerprint density at radius 2 is 2.20 bits per heavy atom. The summed E-state index contributed by atoms with van der Waals surface area (Å²) in [6, 6.07) is 0.183. The molecule has 0 aromatic carbocycles. The van der Waals surface area contributed by atoms with E-state index < -0.39 is 0 Å². The number of thioether (sulfide) groups is 1. The van der Waals surface area contributed by atoms with Crippen LogP contribution in [0.5, 0.6) is 0 Å². The number of amides is 1. The smallest absolute Gasteiger partial charge is 0.244 e. The van der Waals surface area contributed by atoms with E-state index in [2.05, 4.69) is 30.2 Å². The van der Waals surface area contributed by atoms with Gasteiger partial charge in [0.05, 0.1) is 0 Å². The van der Waals surface area contributed by atoms with Crippen molar-refractivity contribution in [3.63, 3.8) is 0 Å². The molecular weight excluding hydrogens is 338 g/mol. The van der Waals surface area contributed by atoms with Crippen LogP contribution in [0.3, 0.4) is 0 Å². The van der Waals surface area contributed by atoms with Crippen molar-refractivity contribution in [2.75, 3.05) is 12.8 Å². The summed E-state index contributed by atoms with van der Waals surface area (Å²) >= 11 is 1.65. The zero-order valence-corrected chi connectivity index (χ0v) is 15.6. The Hall–Kier alpha value is -1.90. The first kappa shape index (κ1) is 17.9. The summed E-state index contributed by atoms with van der Waals surface area (Å²) in [4.78, 5) is 16.0. The Morgan fingerprint density at radius 3 is 2.88 bits per heavy atom. The lowest BCUT2D eigenvalue weighted by molar-refractivity contribution is -0.124. The average Bonchev–Trinajstić information content (AvgIpc) is 3.38. The molecule has 1 aliphatic carbocycles. The molecule has 3 rings (SSSR count). The summed E-state index contributed by atoms with van der Waals surface area (Å²) in [6.07, 6.45) is 11.7. The number of rotatable bonds is 8. The topological polar surface area (TPSA) is 90.5 Å². The van der Waals surface area contributed by atoms with Crippen LogP contribution < -0.4 is 5.32 Å². The van der Waals surface area contributed by atoms with Crippen LogP contribution in [0.4, 0.5) is 0 Å². The number of carbonyl (C=O) groups is 1. The molecule has 1 atom stereocenters. The highest BCUT2D eigenvalue weighted by Gasteiger charge is 2.23. The maximum Gasteiger partial charge on any atom is 0.244 e. The van der Waals surface area contributed by atoms with E-state index in [-0.39, 0.29) is 11.9 Å². The molecule has 136 valence electrons. The first-order valence-electron chi connectivity index (χ1n) is 8.80. The molecule has 1 saturated carbocycles. The van der Waals surface area contributed by atoms with E-state index >= 15 is 0 Å². The molecule has 2 aromatic rings. The third-order valence-corrected chi connectivity index (χ3v) is 5.34. The number of hydrogen-bond donors (Lipinski definition) is 1. The number of aryl methyl sites for hydroxylation is 1. The van der Waals surface area contributed by atoms with Gasteiger partial charge in [-0.2, -0.15) is 5.10 Å². The summed E-state index contributed by atoms with van der Waals surface area (Å²) in [5.41, 5.74) is 0. The van der Waals surface area contributed by atoms with Crippen molar-refractivity contribution < 1.29 is 4.79 Å². The predicted octanol–water partition coefficient (Wildman–Crippen LogP) is 2.02. The number of carbonyl (C=O) groups excluding carboxylic acids is 1. The van der Waals surface area contributed by atoms with E-state index in [1.165, 1.54) is 32.0 Å². The number of nitrogens with one attached hydrogen (secondary N) is 1. The lowest BCUT2D eigenvalue weighted by atomic mass is 10.2. The first-order valence-corrected chi connectivity index (χ1v) is 10.0. The molecule has 0 spiro atoms. The van der Waals surface area contributed by atoms with Gasteiger partial charge in [-0.1, -0.05) is 24.6 Å². The zero-order chi connectivity index (χ0) is 17.6. The Kier molecular flexibility index (Phi) is 6.06. The van der Waals surface area contributed by atoms with Crippen molar-refractivity contribution in [2.45, 2.75) is 62.7 Å². The second-order valence-electron chi connectivity index (χ2n) is 6.36. The molecule has 0 unspecified atom stereocenters.